The van der Waals surface area contributed by atoms with Gasteiger partial charge in [-0.25, -0.2) is 0 Å². The van der Waals surface area contributed by atoms with Crippen LogP contribution in [-0.2, 0) is 15.0 Å². The fourth-order valence-electron chi connectivity index (χ4n) is 1.10. The summed E-state index contributed by atoms with van der Waals surface area (Å²) in [5.74, 6) is 1.13. The maximum absolute atomic E-state index is 11.5. The number of carboxylic acid groups (broad SMARTS) is 1. The van der Waals surface area contributed by atoms with Gasteiger partial charge in [-0.05, 0) is 31.2 Å². The molecule has 0 aliphatic carbocycles. The molecule has 0 heterocycles. The maximum Gasteiger partial charge on any atom is 0.321 e. The molecule has 1 atom stereocenters. The van der Waals surface area contributed by atoms with Crippen LogP contribution >= 0.6 is 0 Å². The Morgan fingerprint density at radius 2 is 1.94 bits per heavy atom. The van der Waals surface area contributed by atoms with Crippen molar-refractivity contribution in [1.82, 2.24) is 4.72 Å². The van der Waals surface area contributed by atoms with Gasteiger partial charge in [-0.2, -0.15) is 13.1 Å². The van der Waals surface area contributed by atoms with Gasteiger partial charge < -0.3 is 5.11 Å². The van der Waals surface area contributed by atoms with Crippen molar-refractivity contribution >= 4 is 21.9 Å². The average molecular weight is 268 g/mol. The van der Waals surface area contributed by atoms with Gasteiger partial charge in [0.2, 0.25) is 0 Å². The Morgan fingerprint density at radius 1 is 1.39 bits per heavy atom. The van der Waals surface area contributed by atoms with Gasteiger partial charge in [0.05, 0.1) is 0 Å². The number of nitrogens with one attached hydrogen (secondary N) is 2. The van der Waals surface area contributed by atoms with E-state index in [2.05, 4.69) is 10.6 Å². The largest absolute Gasteiger partial charge is 0.480 e. The van der Waals surface area contributed by atoms with Crippen LogP contribution in [0.2, 0.25) is 0 Å². The molecule has 0 saturated carbocycles. The SMILES string of the molecule is C#Cc1ccc(NS(=O)(=O)NC(C)C(=O)O)cc1. The summed E-state index contributed by atoms with van der Waals surface area (Å²) in [6.07, 6.45) is 5.16. The summed E-state index contributed by atoms with van der Waals surface area (Å²) in [5, 5.41) is 8.60. The van der Waals surface area contributed by atoms with Crippen molar-refractivity contribution in [2.45, 2.75) is 13.0 Å². The van der Waals surface area contributed by atoms with Gasteiger partial charge in [0.1, 0.15) is 6.04 Å². The number of anilines is 1. The first-order valence-electron chi connectivity index (χ1n) is 4.93. The number of hydrogen-bond acceptors (Lipinski definition) is 3. The molecule has 0 saturated heterocycles. The molecule has 1 unspecified atom stereocenters. The quantitative estimate of drug-likeness (QED) is 0.673. The fraction of sp³-hybridized carbons (Fsp3) is 0.182. The van der Waals surface area contributed by atoms with Crippen LogP contribution in [0.5, 0.6) is 0 Å². The molecule has 0 aromatic heterocycles. The first kappa shape index (κ1) is 14.0. The topological polar surface area (TPSA) is 95.5 Å². The highest BCUT2D eigenvalue weighted by Gasteiger charge is 2.19. The maximum atomic E-state index is 11.5. The van der Waals surface area contributed by atoms with Gasteiger partial charge in [-0.15, -0.1) is 6.42 Å². The molecule has 0 aliphatic rings. The normalized spacial score (nSPS) is 12.4. The summed E-state index contributed by atoms with van der Waals surface area (Å²) >= 11 is 0. The summed E-state index contributed by atoms with van der Waals surface area (Å²) in [4.78, 5) is 10.5. The predicted octanol–water partition coefficient (Wildman–Crippen LogP) is 0.387. The molecular weight excluding hydrogens is 256 g/mol. The lowest BCUT2D eigenvalue weighted by atomic mass is 10.2. The second kappa shape index (κ2) is 5.53. The van der Waals surface area contributed by atoms with Crippen molar-refractivity contribution in [2.24, 2.45) is 0 Å². The van der Waals surface area contributed by atoms with Crippen molar-refractivity contribution in [3.8, 4) is 12.3 Å². The number of rotatable bonds is 5. The molecule has 1 rings (SSSR count). The third kappa shape index (κ3) is 4.08. The minimum Gasteiger partial charge on any atom is -0.480 e. The van der Waals surface area contributed by atoms with E-state index in [1.807, 2.05) is 4.72 Å². The van der Waals surface area contributed by atoms with Crippen molar-refractivity contribution < 1.29 is 18.3 Å². The molecule has 3 N–H and O–H groups in total. The van der Waals surface area contributed by atoms with E-state index in [-0.39, 0.29) is 0 Å². The molecule has 0 spiro atoms. The summed E-state index contributed by atoms with van der Waals surface area (Å²) in [5.41, 5.74) is 0.906. The van der Waals surface area contributed by atoms with Gasteiger partial charge in [-0.3, -0.25) is 9.52 Å². The molecule has 0 bridgehead atoms. The number of benzene rings is 1. The molecule has 7 heteroatoms. The minimum atomic E-state index is -3.93. The first-order valence-corrected chi connectivity index (χ1v) is 6.42. The fourth-order valence-corrected chi connectivity index (χ4v) is 2.17. The summed E-state index contributed by atoms with van der Waals surface area (Å²) in [6, 6.07) is 4.89. The second-order valence-corrected chi connectivity index (χ2v) is 4.95. The lowest BCUT2D eigenvalue weighted by Crippen LogP contribution is -2.41. The molecule has 96 valence electrons. The number of carboxylic acids is 1. The van der Waals surface area contributed by atoms with Crippen LogP contribution in [0.1, 0.15) is 12.5 Å². The summed E-state index contributed by atoms with van der Waals surface area (Å²) < 4.78 is 27.2. The van der Waals surface area contributed by atoms with Crippen molar-refractivity contribution in [1.29, 1.82) is 0 Å². The second-order valence-electron chi connectivity index (χ2n) is 3.50. The van der Waals surface area contributed by atoms with Crippen molar-refractivity contribution in [3.63, 3.8) is 0 Å². The molecule has 0 radical (unpaired) electrons. The van der Waals surface area contributed by atoms with E-state index in [1.165, 1.54) is 19.1 Å². The van der Waals surface area contributed by atoms with Crippen LogP contribution < -0.4 is 9.44 Å². The Labute approximate surface area is 105 Å². The van der Waals surface area contributed by atoms with Crippen LogP contribution in [0.3, 0.4) is 0 Å². The van der Waals surface area contributed by atoms with Crippen LogP contribution in [0.4, 0.5) is 5.69 Å². The van der Waals surface area contributed by atoms with Crippen LogP contribution in [0.15, 0.2) is 24.3 Å². The number of carbonyl (C=O) groups is 1. The van der Waals surface area contributed by atoms with Crippen LogP contribution in [0, 0.1) is 12.3 Å². The first-order chi connectivity index (χ1) is 8.34. The highest BCUT2D eigenvalue weighted by molar-refractivity contribution is 7.90. The van der Waals surface area contributed by atoms with E-state index in [0.717, 1.165) is 0 Å². The van der Waals surface area contributed by atoms with Crippen molar-refractivity contribution in [2.75, 3.05) is 4.72 Å². The molecule has 6 nitrogen and oxygen atoms in total. The standard InChI is InChI=1S/C11H12N2O4S/c1-3-9-4-6-10(7-5-9)13-18(16,17)12-8(2)11(14)15/h1,4-8,12-13H,2H3,(H,14,15). The average Bonchev–Trinajstić information content (AvgIpc) is 2.28. The van der Waals surface area contributed by atoms with E-state index in [4.69, 9.17) is 11.5 Å². The van der Waals surface area contributed by atoms with E-state index in [0.29, 0.717) is 11.3 Å². The van der Waals surface area contributed by atoms with Crippen molar-refractivity contribution in [3.05, 3.63) is 29.8 Å². The molecule has 0 amide bonds. The smallest absolute Gasteiger partial charge is 0.321 e. The molecule has 1 aromatic carbocycles. The molecule has 0 aliphatic heterocycles. The Balaban J connectivity index is 2.76. The summed E-state index contributed by atoms with van der Waals surface area (Å²) in [6.45, 7) is 1.23. The third-order valence-corrected chi connectivity index (χ3v) is 3.17. The zero-order valence-electron chi connectivity index (χ0n) is 9.54. The number of terminal acetylenes is 1. The Morgan fingerprint density at radius 3 is 2.39 bits per heavy atom. The molecule has 1 aromatic rings. The van der Waals surface area contributed by atoms with Gasteiger partial charge in [0.15, 0.2) is 0 Å². The van der Waals surface area contributed by atoms with E-state index in [9.17, 15) is 13.2 Å². The van der Waals surface area contributed by atoms with Gasteiger partial charge in [0.25, 0.3) is 10.2 Å². The van der Waals surface area contributed by atoms with E-state index < -0.39 is 22.2 Å². The molecular formula is C11H12N2O4S. The monoisotopic (exact) mass is 268 g/mol. The van der Waals surface area contributed by atoms with Gasteiger partial charge in [0, 0.05) is 11.3 Å². The summed E-state index contributed by atoms with van der Waals surface area (Å²) in [7, 11) is -3.93. The number of aliphatic carboxylic acids is 1. The predicted molar refractivity (Wildman–Crippen MR) is 67.2 cm³/mol. The minimum absolute atomic E-state index is 0.291. The van der Waals surface area contributed by atoms with Crippen LogP contribution in [0.25, 0.3) is 0 Å². The highest BCUT2D eigenvalue weighted by atomic mass is 32.2. The van der Waals surface area contributed by atoms with Gasteiger partial charge >= 0.3 is 5.97 Å². The lowest BCUT2D eigenvalue weighted by molar-refractivity contribution is -0.138. The number of hydrogen-bond donors (Lipinski definition) is 3. The van der Waals surface area contributed by atoms with E-state index >= 15 is 0 Å². The zero-order valence-corrected chi connectivity index (χ0v) is 10.4. The Hall–Kier alpha value is -2.04. The lowest BCUT2D eigenvalue weighted by Gasteiger charge is -2.11. The third-order valence-electron chi connectivity index (χ3n) is 2.01. The van der Waals surface area contributed by atoms with Gasteiger partial charge in [-0.1, -0.05) is 5.92 Å². The van der Waals surface area contributed by atoms with Crippen LogP contribution in [-0.4, -0.2) is 25.5 Å². The van der Waals surface area contributed by atoms with E-state index in [1.54, 1.807) is 12.1 Å². The molecule has 18 heavy (non-hydrogen) atoms. The Kier molecular flexibility index (Phi) is 4.31. The zero-order chi connectivity index (χ0) is 13.8. The highest BCUT2D eigenvalue weighted by Crippen LogP contribution is 2.10. The molecule has 0 fully saturated rings. The Bertz CT molecular complexity index is 572.